The lowest BCUT2D eigenvalue weighted by Crippen LogP contribution is -2.05. The minimum absolute atomic E-state index is 0.0256. The highest BCUT2D eigenvalue weighted by Gasteiger charge is 2.01. The molecule has 3 nitrogen and oxygen atoms in total. The van der Waals surface area contributed by atoms with E-state index in [0.29, 0.717) is 19.6 Å². The summed E-state index contributed by atoms with van der Waals surface area (Å²) in [4.78, 5) is 11.3. The van der Waals surface area contributed by atoms with Crippen LogP contribution in [-0.2, 0) is 9.53 Å². The van der Waals surface area contributed by atoms with Gasteiger partial charge in [-0.3, -0.25) is 4.79 Å². The van der Waals surface area contributed by atoms with Gasteiger partial charge in [-0.05, 0) is 19.3 Å². The third-order valence-electron chi connectivity index (χ3n) is 3.55. The topological polar surface area (TPSA) is 46.5 Å². The monoisotopic (exact) mass is 286 g/mol. The number of esters is 1. The van der Waals surface area contributed by atoms with Crippen molar-refractivity contribution in [2.24, 2.45) is 0 Å². The summed E-state index contributed by atoms with van der Waals surface area (Å²) >= 11 is 0. The molecule has 0 amide bonds. The summed E-state index contributed by atoms with van der Waals surface area (Å²) in [7, 11) is 0. The van der Waals surface area contributed by atoms with Gasteiger partial charge in [-0.25, -0.2) is 0 Å². The van der Waals surface area contributed by atoms with E-state index < -0.39 is 0 Å². The molecule has 0 heterocycles. The number of hydrogen-bond acceptors (Lipinski definition) is 3. The highest BCUT2D eigenvalue weighted by Crippen LogP contribution is 2.11. The van der Waals surface area contributed by atoms with Gasteiger partial charge < -0.3 is 9.84 Å². The van der Waals surface area contributed by atoms with Crippen LogP contribution in [0.2, 0.25) is 0 Å². The molecule has 0 aliphatic rings. The predicted molar refractivity (Wildman–Crippen MR) is 83.7 cm³/mol. The van der Waals surface area contributed by atoms with Gasteiger partial charge >= 0.3 is 5.97 Å². The third kappa shape index (κ3) is 15.5. The van der Waals surface area contributed by atoms with E-state index in [-0.39, 0.29) is 5.97 Å². The Balaban J connectivity index is 3.07. The van der Waals surface area contributed by atoms with Crippen LogP contribution in [0.4, 0.5) is 0 Å². The molecule has 0 bridgehead atoms. The maximum Gasteiger partial charge on any atom is 0.305 e. The molecule has 0 aliphatic carbocycles. The Kier molecular flexibility index (Phi) is 16.0. The van der Waals surface area contributed by atoms with E-state index in [2.05, 4.69) is 6.92 Å². The van der Waals surface area contributed by atoms with Crippen molar-refractivity contribution in [1.82, 2.24) is 0 Å². The largest absolute Gasteiger partial charge is 0.466 e. The van der Waals surface area contributed by atoms with Crippen molar-refractivity contribution in [3.63, 3.8) is 0 Å². The van der Waals surface area contributed by atoms with E-state index in [0.717, 1.165) is 38.5 Å². The molecule has 0 atom stereocenters. The number of ether oxygens (including phenoxy) is 1. The summed E-state index contributed by atoms with van der Waals surface area (Å²) in [6.45, 7) is 3.02. The van der Waals surface area contributed by atoms with Crippen LogP contribution >= 0.6 is 0 Å². The molecular formula is C17H34O3. The average molecular weight is 286 g/mol. The number of aliphatic hydroxyl groups is 1. The molecular weight excluding hydrogens is 252 g/mol. The van der Waals surface area contributed by atoms with Crippen LogP contribution in [0.1, 0.15) is 90.4 Å². The Bertz CT molecular complexity index is 204. The summed E-state index contributed by atoms with van der Waals surface area (Å²) in [5, 5.41) is 8.66. The molecule has 0 rings (SSSR count). The number of hydrogen-bond donors (Lipinski definition) is 1. The highest BCUT2D eigenvalue weighted by atomic mass is 16.5. The first-order chi connectivity index (χ1) is 9.81. The van der Waals surface area contributed by atoms with Crippen molar-refractivity contribution in [3.8, 4) is 0 Å². The number of unbranched alkanes of at least 4 members (excludes halogenated alkanes) is 10. The number of rotatable bonds is 15. The van der Waals surface area contributed by atoms with Crippen LogP contribution in [0.3, 0.4) is 0 Å². The van der Waals surface area contributed by atoms with E-state index in [1.54, 1.807) is 0 Å². The normalized spacial score (nSPS) is 10.7. The first kappa shape index (κ1) is 19.4. The second kappa shape index (κ2) is 16.5. The molecule has 0 fully saturated rings. The summed E-state index contributed by atoms with van der Waals surface area (Å²) in [5.41, 5.74) is 0. The van der Waals surface area contributed by atoms with Gasteiger partial charge in [0, 0.05) is 13.0 Å². The molecule has 0 saturated carbocycles. The van der Waals surface area contributed by atoms with Crippen molar-refractivity contribution >= 4 is 5.97 Å². The lowest BCUT2D eigenvalue weighted by molar-refractivity contribution is -0.143. The van der Waals surface area contributed by atoms with Gasteiger partial charge in [-0.2, -0.15) is 0 Å². The van der Waals surface area contributed by atoms with E-state index in [1.807, 2.05) is 0 Å². The Labute approximate surface area is 125 Å². The first-order valence-corrected chi connectivity index (χ1v) is 8.57. The van der Waals surface area contributed by atoms with Crippen molar-refractivity contribution in [3.05, 3.63) is 0 Å². The highest BCUT2D eigenvalue weighted by molar-refractivity contribution is 5.69. The Morgan fingerprint density at radius 3 is 1.80 bits per heavy atom. The van der Waals surface area contributed by atoms with Crippen LogP contribution in [0.5, 0.6) is 0 Å². The fourth-order valence-corrected chi connectivity index (χ4v) is 2.20. The Morgan fingerprint density at radius 1 is 0.800 bits per heavy atom. The smallest absolute Gasteiger partial charge is 0.305 e. The van der Waals surface area contributed by atoms with Crippen LogP contribution in [-0.4, -0.2) is 24.3 Å². The number of carbonyl (C=O) groups excluding carboxylic acids is 1. The zero-order valence-corrected chi connectivity index (χ0v) is 13.4. The minimum Gasteiger partial charge on any atom is -0.466 e. The molecule has 20 heavy (non-hydrogen) atoms. The second-order valence-corrected chi connectivity index (χ2v) is 5.58. The average Bonchev–Trinajstić information content (AvgIpc) is 2.45. The maximum absolute atomic E-state index is 11.3. The van der Waals surface area contributed by atoms with Crippen LogP contribution in [0.25, 0.3) is 0 Å². The standard InChI is InChI=1S/C17H34O3/c1-2-3-16-20-17(19)14-12-10-8-6-4-5-7-9-11-13-15-18/h18H,2-16H2,1H3. The molecule has 0 radical (unpaired) electrons. The zero-order chi connectivity index (χ0) is 14.9. The van der Waals surface area contributed by atoms with E-state index in [4.69, 9.17) is 9.84 Å². The van der Waals surface area contributed by atoms with E-state index >= 15 is 0 Å². The fourth-order valence-electron chi connectivity index (χ4n) is 2.20. The molecule has 120 valence electrons. The minimum atomic E-state index is -0.0256. The fraction of sp³-hybridized carbons (Fsp3) is 0.941. The van der Waals surface area contributed by atoms with Gasteiger partial charge in [-0.15, -0.1) is 0 Å². The van der Waals surface area contributed by atoms with Crippen molar-refractivity contribution in [2.45, 2.75) is 90.4 Å². The molecule has 0 aliphatic heterocycles. The molecule has 0 saturated heterocycles. The van der Waals surface area contributed by atoms with Gasteiger partial charge in [0.2, 0.25) is 0 Å². The van der Waals surface area contributed by atoms with E-state index in [9.17, 15) is 4.79 Å². The lowest BCUT2D eigenvalue weighted by atomic mass is 10.1. The molecule has 3 heteroatoms. The molecule has 0 aromatic heterocycles. The molecule has 0 aromatic rings. The zero-order valence-electron chi connectivity index (χ0n) is 13.4. The summed E-state index contributed by atoms with van der Waals surface area (Å²) in [6.07, 6.45) is 14.6. The van der Waals surface area contributed by atoms with Gasteiger partial charge in [-0.1, -0.05) is 64.7 Å². The van der Waals surface area contributed by atoms with E-state index in [1.165, 1.54) is 38.5 Å². The Morgan fingerprint density at radius 2 is 1.30 bits per heavy atom. The third-order valence-corrected chi connectivity index (χ3v) is 3.55. The summed E-state index contributed by atoms with van der Waals surface area (Å²) < 4.78 is 5.12. The molecule has 0 aromatic carbocycles. The van der Waals surface area contributed by atoms with Crippen LogP contribution < -0.4 is 0 Å². The molecule has 0 unspecified atom stereocenters. The lowest BCUT2D eigenvalue weighted by Gasteiger charge is -2.04. The Hall–Kier alpha value is -0.570. The maximum atomic E-state index is 11.3. The van der Waals surface area contributed by atoms with Crippen molar-refractivity contribution in [1.29, 1.82) is 0 Å². The van der Waals surface area contributed by atoms with Gasteiger partial charge in [0.25, 0.3) is 0 Å². The second-order valence-electron chi connectivity index (χ2n) is 5.58. The quantitative estimate of drug-likeness (QED) is 0.353. The predicted octanol–water partition coefficient (Wildman–Crippen LogP) is 4.61. The van der Waals surface area contributed by atoms with Crippen molar-refractivity contribution in [2.75, 3.05) is 13.2 Å². The van der Waals surface area contributed by atoms with Crippen molar-refractivity contribution < 1.29 is 14.6 Å². The van der Waals surface area contributed by atoms with Crippen LogP contribution in [0, 0.1) is 0 Å². The van der Waals surface area contributed by atoms with Gasteiger partial charge in [0.15, 0.2) is 0 Å². The molecule has 1 N–H and O–H groups in total. The van der Waals surface area contributed by atoms with Gasteiger partial charge in [0.05, 0.1) is 6.61 Å². The molecule has 0 spiro atoms. The summed E-state index contributed by atoms with van der Waals surface area (Å²) in [5.74, 6) is -0.0256. The summed E-state index contributed by atoms with van der Waals surface area (Å²) in [6, 6.07) is 0. The number of aliphatic hydroxyl groups excluding tert-OH is 1. The first-order valence-electron chi connectivity index (χ1n) is 8.57. The van der Waals surface area contributed by atoms with Gasteiger partial charge in [0.1, 0.15) is 0 Å². The van der Waals surface area contributed by atoms with Crippen LogP contribution in [0.15, 0.2) is 0 Å². The SMILES string of the molecule is CCCCOC(=O)CCCCCCCCCCCCO. The number of carbonyl (C=O) groups is 1.